The van der Waals surface area contributed by atoms with Crippen LogP contribution in [0.2, 0.25) is 0 Å². The van der Waals surface area contributed by atoms with Gasteiger partial charge >= 0.3 is 0 Å². The summed E-state index contributed by atoms with van der Waals surface area (Å²) >= 11 is 1.60. The summed E-state index contributed by atoms with van der Waals surface area (Å²) in [6.45, 7) is 4.70. The van der Waals surface area contributed by atoms with Gasteiger partial charge in [-0.05, 0) is 37.6 Å². The monoisotopic (exact) mass is 365 g/mol. The molecular formula is C21H23N3OS. The largest absolute Gasteiger partial charge is 0.341 e. The zero-order valence-corrected chi connectivity index (χ0v) is 16.2. The Morgan fingerprint density at radius 3 is 2.69 bits per heavy atom. The molecule has 2 aromatic carbocycles. The van der Waals surface area contributed by atoms with E-state index in [2.05, 4.69) is 37.1 Å². The van der Waals surface area contributed by atoms with E-state index >= 15 is 0 Å². The van der Waals surface area contributed by atoms with Crippen molar-refractivity contribution in [2.24, 2.45) is 0 Å². The number of carbonyl (C=O) groups is 1. The first kappa shape index (κ1) is 18.3. The molecule has 0 atom stereocenters. The van der Waals surface area contributed by atoms with Crippen molar-refractivity contribution < 1.29 is 4.79 Å². The molecule has 0 fully saturated rings. The summed E-state index contributed by atoms with van der Waals surface area (Å²) in [4.78, 5) is 15.4. The Hall–Kier alpha value is -2.53. The fraction of sp³-hybridized carbons (Fsp3) is 0.238. The van der Waals surface area contributed by atoms with Gasteiger partial charge in [0, 0.05) is 30.2 Å². The lowest BCUT2D eigenvalue weighted by molar-refractivity contribution is -0.127. The predicted octanol–water partition coefficient (Wildman–Crippen LogP) is 4.24. The minimum Gasteiger partial charge on any atom is -0.341 e. The number of aryl methyl sites for hydroxylation is 2. The van der Waals surface area contributed by atoms with Crippen LogP contribution in [-0.2, 0) is 11.3 Å². The number of carbonyl (C=O) groups excluding carboxylic acids is 1. The van der Waals surface area contributed by atoms with Crippen LogP contribution in [0.5, 0.6) is 0 Å². The van der Waals surface area contributed by atoms with E-state index in [0.29, 0.717) is 12.3 Å². The highest BCUT2D eigenvalue weighted by molar-refractivity contribution is 8.00. The van der Waals surface area contributed by atoms with Crippen LogP contribution in [0.15, 0.2) is 65.8 Å². The zero-order valence-electron chi connectivity index (χ0n) is 15.3. The van der Waals surface area contributed by atoms with Crippen LogP contribution in [0.1, 0.15) is 16.7 Å². The van der Waals surface area contributed by atoms with Gasteiger partial charge in [-0.1, -0.05) is 35.9 Å². The van der Waals surface area contributed by atoms with Gasteiger partial charge in [0.1, 0.15) is 0 Å². The van der Waals surface area contributed by atoms with Crippen molar-refractivity contribution in [3.05, 3.63) is 77.6 Å². The first-order valence-electron chi connectivity index (χ1n) is 8.56. The summed E-state index contributed by atoms with van der Waals surface area (Å²) in [5.41, 5.74) is 4.45. The molecule has 0 spiro atoms. The summed E-state index contributed by atoms with van der Waals surface area (Å²) in [6.07, 6.45) is 3.78. The Labute approximate surface area is 158 Å². The summed E-state index contributed by atoms with van der Waals surface area (Å²) < 4.78 is 1.83. The minimum absolute atomic E-state index is 0.114. The predicted molar refractivity (Wildman–Crippen MR) is 107 cm³/mol. The van der Waals surface area contributed by atoms with Gasteiger partial charge in [0.15, 0.2) is 0 Å². The average molecular weight is 366 g/mol. The van der Waals surface area contributed by atoms with Crippen molar-refractivity contribution in [2.75, 3.05) is 12.8 Å². The molecule has 1 aromatic heterocycles. The second-order valence-corrected chi connectivity index (χ2v) is 7.45. The van der Waals surface area contributed by atoms with Gasteiger partial charge in [-0.15, -0.1) is 11.8 Å². The number of rotatable bonds is 6. The Bertz CT molecular complexity index is 889. The molecule has 0 N–H and O–H groups in total. The molecule has 3 aromatic rings. The van der Waals surface area contributed by atoms with E-state index < -0.39 is 0 Å². The topological polar surface area (TPSA) is 38.1 Å². The number of amides is 1. The molecule has 134 valence electrons. The van der Waals surface area contributed by atoms with E-state index in [1.54, 1.807) is 16.7 Å². The van der Waals surface area contributed by atoms with Crippen molar-refractivity contribution in [3.8, 4) is 5.69 Å². The number of hydrogen-bond acceptors (Lipinski definition) is 3. The Morgan fingerprint density at radius 1 is 1.15 bits per heavy atom. The van der Waals surface area contributed by atoms with E-state index in [0.717, 1.165) is 11.3 Å². The van der Waals surface area contributed by atoms with Gasteiger partial charge in [-0.2, -0.15) is 5.10 Å². The van der Waals surface area contributed by atoms with Crippen LogP contribution in [0.25, 0.3) is 5.69 Å². The van der Waals surface area contributed by atoms with E-state index in [4.69, 9.17) is 0 Å². The minimum atomic E-state index is 0.114. The van der Waals surface area contributed by atoms with Crippen molar-refractivity contribution in [1.29, 1.82) is 0 Å². The number of nitrogens with zero attached hydrogens (tertiary/aromatic N) is 3. The van der Waals surface area contributed by atoms with Crippen LogP contribution < -0.4 is 0 Å². The molecular weight excluding hydrogens is 342 g/mol. The molecule has 5 heteroatoms. The van der Waals surface area contributed by atoms with Crippen molar-refractivity contribution >= 4 is 17.7 Å². The Kier molecular flexibility index (Phi) is 5.78. The Morgan fingerprint density at radius 2 is 1.92 bits per heavy atom. The molecule has 3 rings (SSSR count). The molecule has 4 nitrogen and oxygen atoms in total. The lowest BCUT2D eigenvalue weighted by Crippen LogP contribution is -2.27. The second kappa shape index (κ2) is 8.23. The highest BCUT2D eigenvalue weighted by atomic mass is 32.2. The molecule has 0 radical (unpaired) electrons. The van der Waals surface area contributed by atoms with Crippen LogP contribution in [0.3, 0.4) is 0 Å². The SMILES string of the molecule is Cc1ccc(C)c(SCC(=O)N(C)Cc2cnn(-c3ccccc3)c2)c1. The van der Waals surface area contributed by atoms with Crippen LogP contribution in [-0.4, -0.2) is 33.4 Å². The quantitative estimate of drug-likeness (QED) is 0.613. The van der Waals surface area contributed by atoms with Crippen LogP contribution >= 0.6 is 11.8 Å². The van der Waals surface area contributed by atoms with E-state index in [1.807, 2.05) is 54.5 Å². The molecule has 1 heterocycles. The van der Waals surface area contributed by atoms with Crippen LogP contribution in [0.4, 0.5) is 0 Å². The van der Waals surface area contributed by atoms with Gasteiger partial charge in [-0.3, -0.25) is 4.79 Å². The third-order valence-corrected chi connectivity index (χ3v) is 5.34. The molecule has 0 saturated carbocycles. The number of benzene rings is 2. The summed E-state index contributed by atoms with van der Waals surface area (Å²) in [7, 11) is 1.84. The number of aromatic nitrogens is 2. The third kappa shape index (κ3) is 4.55. The third-order valence-electron chi connectivity index (χ3n) is 4.20. The molecule has 0 aliphatic rings. The summed E-state index contributed by atoms with van der Waals surface area (Å²) in [6, 6.07) is 16.3. The van der Waals surface area contributed by atoms with Crippen LogP contribution in [0, 0.1) is 13.8 Å². The van der Waals surface area contributed by atoms with Crippen molar-refractivity contribution in [2.45, 2.75) is 25.3 Å². The lowest BCUT2D eigenvalue weighted by atomic mass is 10.2. The molecule has 0 saturated heterocycles. The molecule has 0 bridgehead atoms. The molecule has 0 unspecified atom stereocenters. The normalized spacial score (nSPS) is 10.7. The van der Waals surface area contributed by atoms with E-state index in [1.165, 1.54) is 16.0 Å². The maximum absolute atomic E-state index is 12.5. The van der Waals surface area contributed by atoms with E-state index in [-0.39, 0.29) is 5.91 Å². The number of hydrogen-bond donors (Lipinski definition) is 0. The van der Waals surface area contributed by atoms with Gasteiger partial charge < -0.3 is 4.90 Å². The number of para-hydroxylation sites is 1. The van der Waals surface area contributed by atoms with Gasteiger partial charge in [0.2, 0.25) is 5.91 Å². The fourth-order valence-electron chi connectivity index (χ4n) is 2.64. The lowest BCUT2D eigenvalue weighted by Gasteiger charge is -2.16. The van der Waals surface area contributed by atoms with Gasteiger partial charge in [-0.25, -0.2) is 4.68 Å². The maximum atomic E-state index is 12.5. The average Bonchev–Trinajstić information content (AvgIpc) is 3.11. The van der Waals surface area contributed by atoms with Gasteiger partial charge in [0.05, 0.1) is 17.6 Å². The highest BCUT2D eigenvalue weighted by Gasteiger charge is 2.12. The fourth-order valence-corrected chi connectivity index (χ4v) is 3.70. The molecule has 0 aliphatic carbocycles. The number of thioether (sulfide) groups is 1. The smallest absolute Gasteiger partial charge is 0.232 e. The molecule has 1 amide bonds. The molecule has 0 aliphatic heterocycles. The standard InChI is InChI=1S/C21H23N3OS/c1-16-9-10-17(2)20(11-16)26-15-21(25)23(3)13-18-12-22-24(14-18)19-7-5-4-6-8-19/h4-12,14H,13,15H2,1-3H3. The summed E-state index contributed by atoms with van der Waals surface area (Å²) in [5.74, 6) is 0.552. The van der Waals surface area contributed by atoms with Crippen molar-refractivity contribution in [3.63, 3.8) is 0 Å². The first-order chi connectivity index (χ1) is 12.5. The first-order valence-corrected chi connectivity index (χ1v) is 9.54. The van der Waals surface area contributed by atoms with E-state index in [9.17, 15) is 4.79 Å². The Balaban J connectivity index is 1.58. The second-order valence-electron chi connectivity index (χ2n) is 6.44. The van der Waals surface area contributed by atoms with Crippen molar-refractivity contribution in [1.82, 2.24) is 14.7 Å². The summed E-state index contributed by atoms with van der Waals surface area (Å²) in [5, 5.41) is 4.39. The maximum Gasteiger partial charge on any atom is 0.232 e. The zero-order chi connectivity index (χ0) is 18.5. The van der Waals surface area contributed by atoms with Gasteiger partial charge in [0.25, 0.3) is 0 Å². The molecule has 26 heavy (non-hydrogen) atoms. The highest BCUT2D eigenvalue weighted by Crippen LogP contribution is 2.24.